The largest absolute Gasteiger partial charge is 0.383 e. The average Bonchev–Trinajstić information content (AvgIpc) is 2.09. The lowest BCUT2D eigenvalue weighted by molar-refractivity contribution is 0.184. The molecule has 12 heavy (non-hydrogen) atoms. The van der Waals surface area contributed by atoms with Crippen molar-refractivity contribution in [3.05, 3.63) is 0 Å². The van der Waals surface area contributed by atoms with Crippen molar-refractivity contribution >= 4 is 0 Å². The third-order valence-corrected chi connectivity index (χ3v) is 2.82. The molecule has 0 aromatic rings. The normalized spacial score (nSPS) is 30.5. The van der Waals surface area contributed by atoms with Crippen molar-refractivity contribution in [2.24, 2.45) is 5.92 Å². The van der Waals surface area contributed by atoms with Crippen LogP contribution in [0.25, 0.3) is 0 Å². The molecule has 72 valence electrons. The molecular weight excluding hydrogens is 150 g/mol. The molecule has 1 saturated carbocycles. The topological polar surface area (TPSA) is 21.3 Å². The molecule has 0 aromatic heterocycles. The second-order valence-corrected chi connectivity index (χ2v) is 3.82. The van der Waals surface area contributed by atoms with Gasteiger partial charge in [0.15, 0.2) is 0 Å². The fourth-order valence-corrected chi connectivity index (χ4v) is 1.97. The summed E-state index contributed by atoms with van der Waals surface area (Å²) in [5.41, 5.74) is 0. The summed E-state index contributed by atoms with van der Waals surface area (Å²) < 4.78 is 5.01. The van der Waals surface area contributed by atoms with E-state index in [1.54, 1.807) is 7.11 Å². The molecule has 0 aliphatic heterocycles. The van der Waals surface area contributed by atoms with Gasteiger partial charge in [-0.2, -0.15) is 0 Å². The molecule has 1 aliphatic rings. The second-order valence-electron chi connectivity index (χ2n) is 3.82. The lowest BCUT2D eigenvalue weighted by atomic mass is 9.86. The summed E-state index contributed by atoms with van der Waals surface area (Å²) in [7, 11) is 1.76. The molecule has 2 nitrogen and oxygen atoms in total. The minimum Gasteiger partial charge on any atom is -0.383 e. The first-order chi connectivity index (χ1) is 5.84. The first kappa shape index (κ1) is 10.0. The Hall–Kier alpha value is -0.0800. The van der Waals surface area contributed by atoms with Crippen molar-refractivity contribution in [1.29, 1.82) is 0 Å². The van der Waals surface area contributed by atoms with E-state index in [0.717, 1.165) is 25.1 Å². The van der Waals surface area contributed by atoms with Gasteiger partial charge in [0.1, 0.15) is 0 Å². The van der Waals surface area contributed by atoms with Crippen LogP contribution in [0.4, 0.5) is 0 Å². The summed E-state index contributed by atoms with van der Waals surface area (Å²) in [6, 6.07) is 0.744. The lowest BCUT2D eigenvalue weighted by Crippen LogP contribution is -2.38. The zero-order valence-electron chi connectivity index (χ0n) is 8.31. The van der Waals surface area contributed by atoms with Crippen molar-refractivity contribution in [1.82, 2.24) is 5.32 Å². The molecular formula is C10H21NO. The molecule has 1 fully saturated rings. The highest BCUT2D eigenvalue weighted by molar-refractivity contribution is 4.77. The minimum absolute atomic E-state index is 0.744. The fraction of sp³-hybridized carbons (Fsp3) is 1.00. The fourth-order valence-electron chi connectivity index (χ4n) is 1.97. The second kappa shape index (κ2) is 5.55. The number of nitrogens with one attached hydrogen (secondary N) is 1. The predicted octanol–water partition coefficient (Wildman–Crippen LogP) is 1.80. The number of hydrogen-bond acceptors (Lipinski definition) is 2. The van der Waals surface area contributed by atoms with E-state index in [2.05, 4.69) is 12.2 Å². The van der Waals surface area contributed by atoms with E-state index >= 15 is 0 Å². The van der Waals surface area contributed by atoms with Crippen LogP contribution in [-0.2, 0) is 4.74 Å². The van der Waals surface area contributed by atoms with Gasteiger partial charge in [-0.05, 0) is 18.8 Å². The van der Waals surface area contributed by atoms with Crippen molar-refractivity contribution in [2.75, 3.05) is 20.3 Å². The van der Waals surface area contributed by atoms with E-state index in [9.17, 15) is 0 Å². The summed E-state index contributed by atoms with van der Waals surface area (Å²) in [4.78, 5) is 0. The molecule has 0 unspecified atom stereocenters. The van der Waals surface area contributed by atoms with Crippen LogP contribution in [0, 0.1) is 5.92 Å². The van der Waals surface area contributed by atoms with Crippen molar-refractivity contribution < 1.29 is 4.74 Å². The van der Waals surface area contributed by atoms with Crippen molar-refractivity contribution in [3.63, 3.8) is 0 Å². The van der Waals surface area contributed by atoms with Crippen LogP contribution < -0.4 is 5.32 Å². The van der Waals surface area contributed by atoms with Gasteiger partial charge >= 0.3 is 0 Å². The van der Waals surface area contributed by atoms with Crippen LogP contribution >= 0.6 is 0 Å². The van der Waals surface area contributed by atoms with E-state index in [4.69, 9.17) is 4.74 Å². The van der Waals surface area contributed by atoms with Crippen molar-refractivity contribution in [3.8, 4) is 0 Å². The maximum Gasteiger partial charge on any atom is 0.0587 e. The summed E-state index contributed by atoms with van der Waals surface area (Å²) >= 11 is 0. The third-order valence-electron chi connectivity index (χ3n) is 2.82. The molecule has 2 atom stereocenters. The van der Waals surface area contributed by atoms with Gasteiger partial charge in [-0.1, -0.05) is 19.8 Å². The van der Waals surface area contributed by atoms with Gasteiger partial charge in [-0.3, -0.25) is 0 Å². The Balaban J connectivity index is 2.11. The van der Waals surface area contributed by atoms with Crippen LogP contribution in [-0.4, -0.2) is 26.3 Å². The quantitative estimate of drug-likeness (QED) is 0.651. The first-order valence-corrected chi connectivity index (χ1v) is 5.07. The zero-order valence-corrected chi connectivity index (χ0v) is 8.31. The van der Waals surface area contributed by atoms with Crippen molar-refractivity contribution in [2.45, 2.75) is 38.6 Å². The predicted molar refractivity (Wildman–Crippen MR) is 51.3 cm³/mol. The molecule has 0 heterocycles. The summed E-state index contributed by atoms with van der Waals surface area (Å²) in [6.07, 6.45) is 5.56. The minimum atomic E-state index is 0.744. The molecule has 1 aliphatic carbocycles. The van der Waals surface area contributed by atoms with Gasteiger partial charge in [0.2, 0.25) is 0 Å². The standard InChI is InChI=1S/C10H21NO/c1-9-5-3-4-6-10(9)11-7-8-12-2/h9-11H,3-8H2,1-2H3/t9-,10-/m1/s1. The zero-order chi connectivity index (χ0) is 8.81. The molecule has 0 radical (unpaired) electrons. The Morgan fingerprint density at radius 3 is 2.75 bits per heavy atom. The highest BCUT2D eigenvalue weighted by Crippen LogP contribution is 2.23. The molecule has 2 heteroatoms. The number of methoxy groups -OCH3 is 1. The van der Waals surface area contributed by atoms with Gasteiger partial charge in [-0.25, -0.2) is 0 Å². The molecule has 0 bridgehead atoms. The summed E-state index contributed by atoms with van der Waals surface area (Å²) in [6.45, 7) is 4.19. The Labute approximate surface area is 75.7 Å². The lowest BCUT2D eigenvalue weighted by Gasteiger charge is -2.29. The highest BCUT2D eigenvalue weighted by atomic mass is 16.5. The van der Waals surface area contributed by atoms with Gasteiger partial charge in [-0.15, -0.1) is 0 Å². The number of hydrogen-bond donors (Lipinski definition) is 1. The Morgan fingerprint density at radius 2 is 2.08 bits per heavy atom. The highest BCUT2D eigenvalue weighted by Gasteiger charge is 2.19. The average molecular weight is 171 g/mol. The van der Waals surface area contributed by atoms with E-state index in [-0.39, 0.29) is 0 Å². The molecule has 0 saturated heterocycles. The summed E-state index contributed by atoms with van der Waals surface area (Å²) in [5, 5.41) is 3.55. The molecule has 0 amide bonds. The van der Waals surface area contributed by atoms with Crippen LogP contribution in [0.2, 0.25) is 0 Å². The van der Waals surface area contributed by atoms with Gasteiger partial charge in [0, 0.05) is 19.7 Å². The van der Waals surface area contributed by atoms with Gasteiger partial charge in [0.05, 0.1) is 6.61 Å². The summed E-state index contributed by atoms with van der Waals surface area (Å²) in [5.74, 6) is 0.857. The molecule has 0 spiro atoms. The monoisotopic (exact) mass is 171 g/mol. The smallest absolute Gasteiger partial charge is 0.0587 e. The van der Waals surface area contributed by atoms with E-state index < -0.39 is 0 Å². The van der Waals surface area contributed by atoms with Crippen LogP contribution in [0.3, 0.4) is 0 Å². The Bertz CT molecular complexity index is 116. The third kappa shape index (κ3) is 3.11. The first-order valence-electron chi connectivity index (χ1n) is 5.07. The Morgan fingerprint density at radius 1 is 1.33 bits per heavy atom. The maximum absolute atomic E-state index is 5.01. The molecule has 1 rings (SSSR count). The number of rotatable bonds is 4. The van der Waals surface area contributed by atoms with E-state index in [1.807, 2.05) is 0 Å². The molecule has 0 aromatic carbocycles. The SMILES string of the molecule is COCCN[C@@H]1CCCC[C@H]1C. The van der Waals surface area contributed by atoms with E-state index in [1.165, 1.54) is 25.7 Å². The maximum atomic E-state index is 5.01. The van der Waals surface area contributed by atoms with E-state index in [0.29, 0.717) is 0 Å². The van der Waals surface area contributed by atoms with Crippen LogP contribution in [0.15, 0.2) is 0 Å². The van der Waals surface area contributed by atoms with Gasteiger partial charge in [0.25, 0.3) is 0 Å². The van der Waals surface area contributed by atoms with Crippen LogP contribution in [0.5, 0.6) is 0 Å². The van der Waals surface area contributed by atoms with Gasteiger partial charge < -0.3 is 10.1 Å². The Kier molecular flexibility index (Phi) is 4.62. The number of ether oxygens (including phenoxy) is 1. The molecule has 1 N–H and O–H groups in total. The van der Waals surface area contributed by atoms with Crippen LogP contribution in [0.1, 0.15) is 32.6 Å².